The van der Waals surface area contributed by atoms with Crippen molar-refractivity contribution in [3.8, 4) is 22.3 Å². The van der Waals surface area contributed by atoms with Crippen LogP contribution in [0.1, 0.15) is 26.3 Å². The molecule has 0 saturated carbocycles. The van der Waals surface area contributed by atoms with Crippen molar-refractivity contribution >= 4 is 11.9 Å². The molecule has 0 aliphatic rings. The van der Waals surface area contributed by atoms with E-state index in [1.54, 1.807) is 6.07 Å². The van der Waals surface area contributed by atoms with Crippen LogP contribution in [0.15, 0.2) is 66.7 Å². The fraction of sp³-hybridized carbons (Fsp3) is 0.0476. The van der Waals surface area contributed by atoms with Crippen LogP contribution < -0.4 is 5.73 Å². The van der Waals surface area contributed by atoms with Crippen LogP contribution in [-0.2, 0) is 0 Å². The smallest absolute Gasteiger partial charge is 0.335 e. The second-order valence-electron chi connectivity index (χ2n) is 5.91. The molecule has 0 fully saturated rings. The molecular weight excluding hydrogens is 314 g/mol. The Morgan fingerprint density at radius 2 is 1.16 bits per heavy atom. The van der Waals surface area contributed by atoms with Crippen molar-refractivity contribution in [3.05, 3.63) is 83.4 Å². The number of benzene rings is 3. The number of carbonyl (C=O) groups excluding carboxylic acids is 1. The van der Waals surface area contributed by atoms with E-state index in [0.29, 0.717) is 5.56 Å². The summed E-state index contributed by atoms with van der Waals surface area (Å²) in [4.78, 5) is 22.7. The van der Waals surface area contributed by atoms with Crippen molar-refractivity contribution in [2.45, 2.75) is 6.92 Å². The molecule has 4 nitrogen and oxygen atoms in total. The maximum Gasteiger partial charge on any atom is 0.335 e. The average molecular weight is 331 g/mol. The van der Waals surface area contributed by atoms with E-state index >= 15 is 0 Å². The van der Waals surface area contributed by atoms with Crippen LogP contribution in [0.5, 0.6) is 0 Å². The Labute approximate surface area is 145 Å². The SMILES string of the molecule is Cc1ccc(-c2ccc(-c3cc(C(N)=O)cc(C(=O)O)c3)cc2)cc1. The molecule has 25 heavy (non-hydrogen) atoms. The van der Waals surface area contributed by atoms with E-state index in [-0.39, 0.29) is 11.1 Å². The molecule has 3 rings (SSSR count). The molecule has 0 aliphatic carbocycles. The summed E-state index contributed by atoms with van der Waals surface area (Å²) in [5, 5.41) is 9.23. The minimum Gasteiger partial charge on any atom is -0.478 e. The first kappa shape index (κ1) is 16.5. The number of carboxylic acid groups (broad SMARTS) is 1. The summed E-state index contributed by atoms with van der Waals surface area (Å²) in [6, 6.07) is 20.4. The molecule has 124 valence electrons. The van der Waals surface area contributed by atoms with E-state index in [9.17, 15) is 14.7 Å². The number of nitrogens with two attached hydrogens (primary N) is 1. The Bertz CT molecular complexity index is 910. The molecule has 3 N–H and O–H groups in total. The van der Waals surface area contributed by atoms with Crippen molar-refractivity contribution in [1.29, 1.82) is 0 Å². The van der Waals surface area contributed by atoms with Crippen LogP contribution >= 0.6 is 0 Å². The summed E-state index contributed by atoms with van der Waals surface area (Å²) in [5.74, 6) is -1.75. The lowest BCUT2D eigenvalue weighted by atomic mass is 9.97. The van der Waals surface area contributed by atoms with E-state index in [1.807, 2.05) is 31.2 Å². The molecule has 0 spiro atoms. The van der Waals surface area contributed by atoms with E-state index in [1.165, 1.54) is 17.7 Å². The van der Waals surface area contributed by atoms with Gasteiger partial charge in [0.2, 0.25) is 5.91 Å². The number of aryl methyl sites for hydroxylation is 1. The van der Waals surface area contributed by atoms with Crippen LogP contribution in [0.2, 0.25) is 0 Å². The predicted octanol–water partition coefficient (Wildman–Crippen LogP) is 4.13. The lowest BCUT2D eigenvalue weighted by Crippen LogP contribution is -2.12. The summed E-state index contributed by atoms with van der Waals surface area (Å²) in [6.07, 6.45) is 0. The third-order valence-corrected chi connectivity index (χ3v) is 4.07. The molecule has 0 unspecified atom stereocenters. The molecule has 0 radical (unpaired) electrons. The molecule has 0 saturated heterocycles. The zero-order valence-electron chi connectivity index (χ0n) is 13.7. The fourth-order valence-corrected chi connectivity index (χ4v) is 2.66. The summed E-state index contributed by atoms with van der Waals surface area (Å²) in [5.41, 5.74) is 10.4. The van der Waals surface area contributed by atoms with Gasteiger partial charge in [0.25, 0.3) is 0 Å². The summed E-state index contributed by atoms with van der Waals surface area (Å²) in [7, 11) is 0. The zero-order valence-corrected chi connectivity index (χ0v) is 13.7. The maximum absolute atomic E-state index is 11.5. The highest BCUT2D eigenvalue weighted by molar-refractivity contribution is 5.98. The lowest BCUT2D eigenvalue weighted by Gasteiger charge is -2.08. The van der Waals surface area contributed by atoms with Gasteiger partial charge in [-0.1, -0.05) is 54.1 Å². The molecule has 0 bridgehead atoms. The summed E-state index contributed by atoms with van der Waals surface area (Å²) < 4.78 is 0. The highest BCUT2D eigenvalue weighted by Crippen LogP contribution is 2.26. The van der Waals surface area contributed by atoms with Crippen molar-refractivity contribution in [2.24, 2.45) is 5.73 Å². The first-order valence-corrected chi connectivity index (χ1v) is 7.80. The average Bonchev–Trinajstić information content (AvgIpc) is 2.62. The second kappa shape index (κ2) is 6.61. The Morgan fingerprint density at radius 3 is 1.64 bits per heavy atom. The monoisotopic (exact) mass is 331 g/mol. The van der Waals surface area contributed by atoms with Crippen LogP contribution in [-0.4, -0.2) is 17.0 Å². The van der Waals surface area contributed by atoms with Crippen molar-refractivity contribution in [3.63, 3.8) is 0 Å². The van der Waals surface area contributed by atoms with Crippen molar-refractivity contribution in [1.82, 2.24) is 0 Å². The van der Waals surface area contributed by atoms with Gasteiger partial charge in [-0.05, 0) is 47.4 Å². The van der Waals surface area contributed by atoms with Gasteiger partial charge in [-0.2, -0.15) is 0 Å². The van der Waals surface area contributed by atoms with Gasteiger partial charge in [0, 0.05) is 5.56 Å². The summed E-state index contributed by atoms with van der Waals surface area (Å²) in [6.45, 7) is 2.04. The molecule has 0 heterocycles. The number of rotatable bonds is 4. The van der Waals surface area contributed by atoms with Crippen LogP contribution in [0, 0.1) is 6.92 Å². The molecule has 0 aromatic heterocycles. The van der Waals surface area contributed by atoms with Gasteiger partial charge in [0.1, 0.15) is 0 Å². The van der Waals surface area contributed by atoms with Gasteiger partial charge in [-0.15, -0.1) is 0 Å². The largest absolute Gasteiger partial charge is 0.478 e. The molecule has 3 aromatic carbocycles. The number of hydrogen-bond donors (Lipinski definition) is 2. The third-order valence-electron chi connectivity index (χ3n) is 4.07. The van der Waals surface area contributed by atoms with Gasteiger partial charge in [-0.3, -0.25) is 4.79 Å². The van der Waals surface area contributed by atoms with Crippen molar-refractivity contribution < 1.29 is 14.7 Å². The highest BCUT2D eigenvalue weighted by Gasteiger charge is 2.11. The maximum atomic E-state index is 11.5. The lowest BCUT2D eigenvalue weighted by molar-refractivity contribution is 0.0697. The van der Waals surface area contributed by atoms with E-state index in [4.69, 9.17) is 5.73 Å². The van der Waals surface area contributed by atoms with Crippen LogP contribution in [0.3, 0.4) is 0 Å². The van der Waals surface area contributed by atoms with E-state index in [2.05, 4.69) is 24.3 Å². The number of amides is 1. The molecule has 0 atom stereocenters. The number of carbonyl (C=O) groups is 2. The molecule has 1 amide bonds. The Kier molecular flexibility index (Phi) is 4.35. The minimum absolute atomic E-state index is 0.0360. The first-order valence-electron chi connectivity index (χ1n) is 7.80. The molecule has 3 aromatic rings. The molecule has 4 heteroatoms. The van der Waals surface area contributed by atoms with E-state index < -0.39 is 11.9 Å². The topological polar surface area (TPSA) is 80.4 Å². The van der Waals surface area contributed by atoms with Gasteiger partial charge < -0.3 is 10.8 Å². The molecule has 0 aliphatic heterocycles. The number of aromatic carboxylic acids is 1. The normalized spacial score (nSPS) is 10.4. The van der Waals surface area contributed by atoms with Gasteiger partial charge >= 0.3 is 5.97 Å². The highest BCUT2D eigenvalue weighted by atomic mass is 16.4. The van der Waals surface area contributed by atoms with E-state index in [0.717, 1.165) is 16.7 Å². The fourth-order valence-electron chi connectivity index (χ4n) is 2.66. The summed E-state index contributed by atoms with van der Waals surface area (Å²) >= 11 is 0. The van der Waals surface area contributed by atoms with Gasteiger partial charge in [-0.25, -0.2) is 4.79 Å². The van der Waals surface area contributed by atoms with Gasteiger partial charge in [0.15, 0.2) is 0 Å². The number of primary amides is 1. The van der Waals surface area contributed by atoms with Crippen LogP contribution in [0.4, 0.5) is 0 Å². The molecular formula is C21H17NO3. The Morgan fingerprint density at radius 1 is 0.720 bits per heavy atom. The Hall–Kier alpha value is -3.40. The van der Waals surface area contributed by atoms with Crippen LogP contribution in [0.25, 0.3) is 22.3 Å². The second-order valence-corrected chi connectivity index (χ2v) is 5.91. The predicted molar refractivity (Wildman–Crippen MR) is 97.5 cm³/mol. The number of hydrogen-bond acceptors (Lipinski definition) is 2. The third kappa shape index (κ3) is 3.58. The van der Waals surface area contributed by atoms with Crippen molar-refractivity contribution in [2.75, 3.05) is 0 Å². The van der Waals surface area contributed by atoms with Gasteiger partial charge in [0.05, 0.1) is 5.56 Å². The first-order chi connectivity index (χ1) is 11.9. The standard InChI is InChI=1S/C21H17NO3/c1-13-2-4-14(5-3-13)15-6-8-16(9-7-15)17-10-18(20(22)23)12-19(11-17)21(24)25/h2-12H,1H3,(H2,22,23)(H,24,25). The minimum atomic E-state index is -1.10. The quantitative estimate of drug-likeness (QED) is 0.754. The zero-order chi connectivity index (χ0) is 18.0. The number of carboxylic acids is 1. The Balaban J connectivity index is 2.00.